The van der Waals surface area contributed by atoms with Gasteiger partial charge < -0.3 is 16.2 Å². The van der Waals surface area contributed by atoms with Crippen molar-refractivity contribution in [2.24, 2.45) is 0 Å². The molecule has 0 heterocycles. The van der Waals surface area contributed by atoms with Gasteiger partial charge in [0.15, 0.2) is 11.6 Å². The number of nitrogens with one attached hydrogen (secondary N) is 1. The first-order valence-electron chi connectivity index (χ1n) is 8.37. The van der Waals surface area contributed by atoms with Crippen molar-refractivity contribution in [3.8, 4) is 5.75 Å². The van der Waals surface area contributed by atoms with Gasteiger partial charge in [-0.25, -0.2) is 0 Å². The summed E-state index contributed by atoms with van der Waals surface area (Å²) >= 11 is 0. The molecular weight excluding hydrogens is 419 g/mol. The minimum absolute atomic E-state index is 0. The molecule has 0 spiro atoms. The molecule has 30 heavy (non-hydrogen) atoms. The van der Waals surface area contributed by atoms with Crippen LogP contribution in [-0.2, 0) is 10.1 Å². The summed E-state index contributed by atoms with van der Waals surface area (Å²) in [5.41, 5.74) is 5.70. The van der Waals surface area contributed by atoms with E-state index in [-0.39, 0.29) is 63.2 Å². The van der Waals surface area contributed by atoms with Crippen LogP contribution in [0.4, 0.5) is 17.1 Å². The summed E-state index contributed by atoms with van der Waals surface area (Å²) < 4.78 is 33.3. The van der Waals surface area contributed by atoms with Crippen molar-refractivity contribution in [2.75, 3.05) is 11.1 Å². The van der Waals surface area contributed by atoms with E-state index in [2.05, 4.69) is 5.32 Å². The molecule has 148 valence electrons. The zero-order valence-corrected chi connectivity index (χ0v) is 15.5. The van der Waals surface area contributed by atoms with Crippen molar-refractivity contribution in [1.82, 2.24) is 0 Å². The first-order valence-corrected chi connectivity index (χ1v) is 9.81. The van der Waals surface area contributed by atoms with E-state index in [1.165, 1.54) is 36.4 Å². The Labute approximate surface area is 193 Å². The number of hydrogen-bond acceptors (Lipinski definition) is 7. The van der Waals surface area contributed by atoms with Gasteiger partial charge >= 0.3 is 29.6 Å². The van der Waals surface area contributed by atoms with Gasteiger partial charge in [0.1, 0.15) is 10.6 Å². The molecule has 0 saturated heterocycles. The van der Waals surface area contributed by atoms with Crippen LogP contribution < -0.4 is 11.1 Å². The Kier molecular flexibility index (Phi) is 5.76. The van der Waals surface area contributed by atoms with Crippen LogP contribution >= 0.6 is 0 Å². The summed E-state index contributed by atoms with van der Waals surface area (Å²) in [6, 6.07) is 12.9. The summed E-state index contributed by atoms with van der Waals surface area (Å²) in [6.07, 6.45) is 0. The average molecular weight is 434 g/mol. The van der Waals surface area contributed by atoms with E-state index in [1.54, 1.807) is 12.1 Å². The van der Waals surface area contributed by atoms with Gasteiger partial charge in [-0.15, -0.1) is 0 Å². The van der Waals surface area contributed by atoms with Crippen molar-refractivity contribution in [2.45, 2.75) is 4.90 Å². The molecule has 4 rings (SSSR count). The number of nitrogens with two attached hydrogens (primary N) is 1. The molecule has 5 N–H and O–H groups in total. The predicted octanol–water partition coefficient (Wildman–Crippen LogP) is 2.09. The zero-order chi connectivity index (χ0) is 20.9. The van der Waals surface area contributed by atoms with E-state index in [0.717, 1.165) is 6.07 Å². The number of carbonyl (C=O) groups excluding carboxylic acids is 2. The molecule has 1 aliphatic carbocycles. The summed E-state index contributed by atoms with van der Waals surface area (Å²) in [5, 5.41) is 12.3. The van der Waals surface area contributed by atoms with Crippen molar-refractivity contribution < 1.29 is 27.7 Å². The van der Waals surface area contributed by atoms with Crippen molar-refractivity contribution >= 4 is 68.3 Å². The van der Waals surface area contributed by atoms with Crippen LogP contribution in [-0.4, -0.2) is 59.2 Å². The van der Waals surface area contributed by atoms with Crippen molar-refractivity contribution in [1.29, 1.82) is 0 Å². The fraction of sp³-hybridized carbons (Fsp3) is 0. The monoisotopic (exact) mass is 434 g/mol. The van der Waals surface area contributed by atoms with Crippen molar-refractivity contribution in [3.05, 3.63) is 76.9 Å². The third kappa shape index (κ3) is 3.62. The van der Waals surface area contributed by atoms with Gasteiger partial charge in [0.05, 0.1) is 22.5 Å². The average Bonchev–Trinajstić information content (AvgIpc) is 2.68. The molecule has 0 bridgehead atoms. The van der Waals surface area contributed by atoms with Gasteiger partial charge in [-0.1, -0.05) is 24.3 Å². The minimum atomic E-state index is -4.78. The zero-order valence-electron chi connectivity index (χ0n) is 14.7. The molecule has 3 aromatic rings. The second-order valence-corrected chi connectivity index (χ2v) is 7.83. The molecule has 0 amide bonds. The van der Waals surface area contributed by atoms with Crippen molar-refractivity contribution in [3.63, 3.8) is 0 Å². The topological polar surface area (TPSA) is 147 Å². The molecule has 3 aromatic carbocycles. The fourth-order valence-electron chi connectivity index (χ4n) is 3.31. The number of rotatable bonds is 3. The van der Waals surface area contributed by atoms with Gasteiger partial charge in [-0.3, -0.25) is 14.1 Å². The summed E-state index contributed by atoms with van der Waals surface area (Å²) in [4.78, 5) is 25.5. The van der Waals surface area contributed by atoms with Gasteiger partial charge in [0.2, 0.25) is 0 Å². The summed E-state index contributed by atoms with van der Waals surface area (Å²) in [7, 11) is -4.78. The van der Waals surface area contributed by atoms with Gasteiger partial charge in [0, 0.05) is 16.8 Å². The number of ketones is 2. The van der Waals surface area contributed by atoms with E-state index in [4.69, 9.17) is 5.73 Å². The maximum absolute atomic E-state index is 13.1. The number of hydrogen-bond donors (Lipinski definition) is 4. The van der Waals surface area contributed by atoms with Gasteiger partial charge in [-0.05, 0) is 30.3 Å². The first kappa shape index (κ1) is 22.0. The maximum atomic E-state index is 13.1. The number of aromatic hydroxyl groups is 1. The SMILES string of the molecule is Nc1c(S(=O)(=O)O)cc(Nc2ccc(O)cc2)c2c1C(=O)c1ccccc1C2=O.[NaH]. The number of phenols is 1. The van der Waals surface area contributed by atoms with Crippen LogP contribution in [0, 0.1) is 0 Å². The van der Waals surface area contributed by atoms with Crippen LogP contribution in [0.2, 0.25) is 0 Å². The van der Waals surface area contributed by atoms with Crippen LogP contribution in [0.3, 0.4) is 0 Å². The Morgan fingerprint density at radius 2 is 1.40 bits per heavy atom. The van der Waals surface area contributed by atoms with E-state index in [0.29, 0.717) is 5.69 Å². The molecule has 0 fully saturated rings. The Bertz CT molecular complexity index is 1300. The molecule has 0 radical (unpaired) electrons. The normalized spacial score (nSPS) is 12.6. The predicted molar refractivity (Wildman–Crippen MR) is 113 cm³/mol. The molecule has 0 atom stereocenters. The summed E-state index contributed by atoms with van der Waals surface area (Å²) in [5.74, 6) is -1.12. The standard InChI is InChI=1S/C20H14N2O6S.Na.H/c21-18-15(29(26,27)28)9-14(22-10-5-7-11(23)8-6-10)16-17(18)20(25)13-4-2-1-3-12(13)19(16)24;;/h1-9,22-23H,21H2,(H,26,27,28);;. The molecule has 10 heteroatoms. The summed E-state index contributed by atoms with van der Waals surface area (Å²) in [6.45, 7) is 0. The van der Waals surface area contributed by atoms with Crippen LogP contribution in [0.25, 0.3) is 0 Å². The first-order chi connectivity index (χ1) is 13.7. The molecule has 0 aliphatic heterocycles. The Morgan fingerprint density at radius 1 is 0.867 bits per heavy atom. The number of phenolic OH excluding ortho intramolecular Hbond substituents is 1. The number of fused-ring (bicyclic) bond motifs is 2. The van der Waals surface area contributed by atoms with E-state index in [1.807, 2.05) is 0 Å². The third-order valence-electron chi connectivity index (χ3n) is 4.62. The van der Waals surface area contributed by atoms with E-state index < -0.39 is 32.3 Å². The Hall–Kier alpha value is -2.69. The fourth-order valence-corrected chi connectivity index (χ4v) is 3.95. The Balaban J connectivity index is 0.00000256. The molecule has 0 unspecified atom stereocenters. The van der Waals surface area contributed by atoms with E-state index in [9.17, 15) is 27.7 Å². The second-order valence-electron chi connectivity index (χ2n) is 6.44. The number of anilines is 3. The van der Waals surface area contributed by atoms with Gasteiger partial charge in [0.25, 0.3) is 10.1 Å². The van der Waals surface area contributed by atoms with Crippen LogP contribution in [0.15, 0.2) is 59.5 Å². The molecule has 1 aliphatic rings. The molecule has 0 saturated carbocycles. The third-order valence-corrected chi connectivity index (χ3v) is 5.52. The molecule has 0 aromatic heterocycles. The van der Waals surface area contributed by atoms with Crippen LogP contribution in [0.1, 0.15) is 31.8 Å². The number of nitrogen functional groups attached to an aromatic ring is 1. The molecule has 8 nitrogen and oxygen atoms in total. The van der Waals surface area contributed by atoms with Gasteiger partial charge in [-0.2, -0.15) is 8.42 Å². The van der Waals surface area contributed by atoms with Crippen LogP contribution in [0.5, 0.6) is 5.75 Å². The van der Waals surface area contributed by atoms with E-state index >= 15 is 0 Å². The number of benzene rings is 3. The number of carbonyl (C=O) groups is 2. The quantitative estimate of drug-likeness (QED) is 0.166. The Morgan fingerprint density at radius 3 is 1.93 bits per heavy atom. The molecular formula is C20H15N2NaO6S. The second kappa shape index (κ2) is 7.86.